The smallest absolute Gasteiger partial charge is 0.409 e. The van der Waals surface area contributed by atoms with E-state index in [0.29, 0.717) is 36.8 Å². The Hall–Kier alpha value is -3.57. The van der Waals surface area contributed by atoms with E-state index in [-0.39, 0.29) is 22.5 Å². The summed E-state index contributed by atoms with van der Waals surface area (Å²) in [4.78, 5) is 21.6. The summed E-state index contributed by atoms with van der Waals surface area (Å²) < 4.78 is 45.6. The highest BCUT2D eigenvalue weighted by Gasteiger charge is 2.25. The van der Waals surface area contributed by atoms with Gasteiger partial charge in [0.15, 0.2) is 15.7 Å². The molecule has 1 atom stereocenters. The van der Waals surface area contributed by atoms with Crippen LogP contribution < -0.4 is 10.2 Å². The van der Waals surface area contributed by atoms with E-state index in [9.17, 15) is 17.6 Å². The number of aromatic nitrogens is 2. The average Bonchev–Trinajstić information content (AvgIpc) is 2.79. The minimum Gasteiger partial charge on any atom is -0.465 e. The maximum atomic E-state index is 14.2. The molecule has 9 nitrogen and oxygen atoms in total. The van der Waals surface area contributed by atoms with Crippen LogP contribution in [0.1, 0.15) is 12.6 Å². The van der Waals surface area contributed by atoms with Crippen molar-refractivity contribution in [1.82, 2.24) is 9.97 Å². The van der Waals surface area contributed by atoms with Crippen molar-refractivity contribution in [1.29, 1.82) is 0 Å². The monoisotopic (exact) mass is 486 g/mol. The summed E-state index contributed by atoms with van der Waals surface area (Å²) in [5.41, 5.74) is 1.16. The second kappa shape index (κ2) is 9.74. The predicted molar refractivity (Wildman–Crippen MR) is 124 cm³/mol. The first-order valence-electron chi connectivity index (χ1n) is 10.5. The van der Waals surface area contributed by atoms with E-state index in [1.807, 2.05) is 11.8 Å². The fourth-order valence-electron chi connectivity index (χ4n) is 3.70. The molecule has 2 heterocycles. The maximum Gasteiger partial charge on any atom is 0.409 e. The molecule has 1 fully saturated rings. The molecule has 1 aliphatic rings. The fraction of sp³-hybridized carbons (Fsp3) is 0.261. The molecule has 1 aliphatic heterocycles. The highest BCUT2D eigenvalue weighted by atomic mass is 32.2. The standard InChI is InChI=1S/C23H23FN4O5S/c1-15-13-33-11-10-28(15)21-12-18(14-34(31,32)20-5-3-2-4-19(20)24)25-22(27-21)16-6-8-17(9-7-16)26-23(29)30/h2-9,12,15,26H,10-11,13-14H2,1H3,(H,29,30)/t15-/m0/s1. The van der Waals surface area contributed by atoms with E-state index >= 15 is 0 Å². The molecule has 0 unspecified atom stereocenters. The quantitative estimate of drug-likeness (QED) is 0.542. The lowest BCUT2D eigenvalue weighted by molar-refractivity contribution is 0.0985. The molecule has 0 radical (unpaired) electrons. The van der Waals surface area contributed by atoms with Gasteiger partial charge in [-0.3, -0.25) is 5.32 Å². The molecular formula is C23H23FN4O5S. The summed E-state index contributed by atoms with van der Waals surface area (Å²) in [7, 11) is -4.01. The molecule has 34 heavy (non-hydrogen) atoms. The van der Waals surface area contributed by atoms with Crippen LogP contribution in [0.3, 0.4) is 0 Å². The van der Waals surface area contributed by atoms with Crippen LogP contribution in [0.4, 0.5) is 20.7 Å². The van der Waals surface area contributed by atoms with Gasteiger partial charge in [-0.15, -0.1) is 0 Å². The van der Waals surface area contributed by atoms with E-state index in [0.717, 1.165) is 6.07 Å². The predicted octanol–water partition coefficient (Wildman–Crippen LogP) is 3.57. The van der Waals surface area contributed by atoms with Gasteiger partial charge < -0.3 is 14.7 Å². The van der Waals surface area contributed by atoms with Crippen LogP contribution in [0.25, 0.3) is 11.4 Å². The molecule has 3 aromatic rings. The molecule has 0 bridgehead atoms. The SMILES string of the molecule is C[C@H]1COCCN1c1cc(CS(=O)(=O)c2ccccc2F)nc(-c2ccc(NC(=O)O)cc2)n1. The molecule has 2 aromatic carbocycles. The number of benzene rings is 2. The number of sulfone groups is 1. The van der Waals surface area contributed by atoms with E-state index < -0.39 is 27.5 Å². The van der Waals surface area contributed by atoms with Gasteiger partial charge in [-0.2, -0.15) is 0 Å². The van der Waals surface area contributed by atoms with Crippen molar-refractivity contribution >= 4 is 27.4 Å². The lowest BCUT2D eigenvalue weighted by Crippen LogP contribution is -2.44. The third-order valence-corrected chi connectivity index (χ3v) is 7.01. The van der Waals surface area contributed by atoms with Crippen molar-refractivity contribution in [3.05, 3.63) is 66.1 Å². The molecule has 11 heteroatoms. The molecule has 0 spiro atoms. The first-order valence-corrected chi connectivity index (χ1v) is 12.2. The number of halogens is 1. The first-order chi connectivity index (χ1) is 16.2. The Morgan fingerprint density at radius 3 is 2.62 bits per heavy atom. The molecule has 0 aliphatic carbocycles. The number of nitrogens with zero attached hydrogens (tertiary/aromatic N) is 3. The first kappa shape index (κ1) is 23.6. The molecule has 1 saturated heterocycles. The van der Waals surface area contributed by atoms with Crippen molar-refractivity contribution in [2.75, 3.05) is 30.0 Å². The van der Waals surface area contributed by atoms with E-state index in [2.05, 4.69) is 15.3 Å². The molecule has 1 aromatic heterocycles. The highest BCUT2D eigenvalue weighted by molar-refractivity contribution is 7.90. The zero-order valence-electron chi connectivity index (χ0n) is 18.3. The lowest BCUT2D eigenvalue weighted by atomic mass is 10.2. The van der Waals surface area contributed by atoms with Gasteiger partial charge in [0.25, 0.3) is 0 Å². The van der Waals surface area contributed by atoms with Gasteiger partial charge in [0.1, 0.15) is 16.5 Å². The van der Waals surface area contributed by atoms with E-state index in [1.54, 1.807) is 30.3 Å². The maximum absolute atomic E-state index is 14.2. The second-order valence-corrected chi connectivity index (χ2v) is 9.81. The Morgan fingerprint density at radius 2 is 1.94 bits per heavy atom. The van der Waals surface area contributed by atoms with Crippen molar-refractivity contribution in [2.24, 2.45) is 0 Å². The summed E-state index contributed by atoms with van der Waals surface area (Å²) in [6.07, 6.45) is -1.19. The van der Waals surface area contributed by atoms with Crippen LogP contribution in [0.5, 0.6) is 0 Å². The van der Waals surface area contributed by atoms with Crippen molar-refractivity contribution in [2.45, 2.75) is 23.6 Å². The molecule has 0 saturated carbocycles. The average molecular weight is 487 g/mol. The number of rotatable bonds is 6. The van der Waals surface area contributed by atoms with Gasteiger partial charge in [-0.25, -0.2) is 27.6 Å². The van der Waals surface area contributed by atoms with Gasteiger partial charge in [-0.05, 0) is 43.3 Å². The largest absolute Gasteiger partial charge is 0.465 e. The number of carbonyl (C=O) groups is 1. The van der Waals surface area contributed by atoms with Gasteiger partial charge in [-0.1, -0.05) is 12.1 Å². The molecular weight excluding hydrogens is 463 g/mol. The lowest BCUT2D eigenvalue weighted by Gasteiger charge is -2.34. The number of nitrogens with one attached hydrogen (secondary N) is 1. The summed E-state index contributed by atoms with van der Waals surface area (Å²) >= 11 is 0. The Bertz CT molecular complexity index is 1300. The topological polar surface area (TPSA) is 122 Å². The number of ether oxygens (including phenoxy) is 1. The second-order valence-electron chi connectivity index (χ2n) is 7.86. The number of anilines is 2. The van der Waals surface area contributed by atoms with Gasteiger partial charge in [0.05, 0.1) is 30.7 Å². The van der Waals surface area contributed by atoms with Gasteiger partial charge >= 0.3 is 6.09 Å². The normalized spacial score (nSPS) is 16.3. The van der Waals surface area contributed by atoms with Crippen molar-refractivity contribution in [3.63, 3.8) is 0 Å². The molecule has 1 amide bonds. The van der Waals surface area contributed by atoms with Crippen LogP contribution in [0.2, 0.25) is 0 Å². The summed E-state index contributed by atoms with van der Waals surface area (Å²) in [6.45, 7) is 3.54. The van der Waals surface area contributed by atoms with Crippen LogP contribution in [-0.4, -0.2) is 55.4 Å². The Kier molecular flexibility index (Phi) is 6.75. The van der Waals surface area contributed by atoms with Crippen LogP contribution in [0.15, 0.2) is 59.5 Å². The summed E-state index contributed by atoms with van der Waals surface area (Å²) in [5, 5.41) is 11.1. The van der Waals surface area contributed by atoms with Crippen LogP contribution >= 0.6 is 0 Å². The minimum absolute atomic E-state index is 0.00895. The minimum atomic E-state index is -4.01. The van der Waals surface area contributed by atoms with Crippen LogP contribution in [0, 0.1) is 5.82 Å². The number of morpholine rings is 1. The number of hydrogen-bond donors (Lipinski definition) is 2. The van der Waals surface area contributed by atoms with E-state index in [4.69, 9.17) is 9.84 Å². The Balaban J connectivity index is 1.74. The molecule has 4 rings (SSSR count). The third kappa shape index (κ3) is 5.32. The number of carboxylic acid groups (broad SMARTS) is 1. The highest BCUT2D eigenvalue weighted by Crippen LogP contribution is 2.26. The van der Waals surface area contributed by atoms with Gasteiger partial charge in [0.2, 0.25) is 0 Å². The van der Waals surface area contributed by atoms with E-state index in [1.165, 1.54) is 18.2 Å². The Labute approximate surface area is 196 Å². The zero-order valence-corrected chi connectivity index (χ0v) is 19.1. The third-order valence-electron chi connectivity index (χ3n) is 5.33. The van der Waals surface area contributed by atoms with Gasteiger partial charge in [0, 0.05) is 23.9 Å². The fourth-order valence-corrected chi connectivity index (χ4v) is 5.04. The zero-order chi connectivity index (χ0) is 24.3. The molecule has 178 valence electrons. The summed E-state index contributed by atoms with van der Waals surface area (Å²) in [6, 6.07) is 13.2. The Morgan fingerprint density at radius 1 is 1.21 bits per heavy atom. The number of amides is 1. The number of hydrogen-bond acceptors (Lipinski definition) is 7. The summed E-state index contributed by atoms with van der Waals surface area (Å²) in [5.74, 6) is -0.516. The van der Waals surface area contributed by atoms with Crippen LogP contribution in [-0.2, 0) is 20.3 Å². The molecule has 2 N–H and O–H groups in total. The van der Waals surface area contributed by atoms with Crippen molar-refractivity contribution in [3.8, 4) is 11.4 Å². The van der Waals surface area contributed by atoms with Crippen molar-refractivity contribution < 1.29 is 27.4 Å².